The van der Waals surface area contributed by atoms with Gasteiger partial charge in [0.2, 0.25) is 5.91 Å². The normalized spacial score (nSPS) is 12.2. The third kappa shape index (κ3) is 3.61. The van der Waals surface area contributed by atoms with Crippen molar-refractivity contribution in [2.45, 2.75) is 33.2 Å². The average molecular weight is 425 g/mol. The number of nitrogens with zero attached hydrogens (tertiary/aromatic N) is 3. The van der Waals surface area contributed by atoms with E-state index in [1.807, 2.05) is 45.0 Å². The number of thiophene rings is 1. The molecule has 6 nitrogen and oxygen atoms in total. The number of carbonyl (C=O) groups excluding carboxylic acids is 1. The summed E-state index contributed by atoms with van der Waals surface area (Å²) in [6.07, 6.45) is 3.57. The molecule has 0 saturated heterocycles. The molecular formula is C21H20N4O2S2. The highest BCUT2D eigenvalue weighted by atomic mass is 32.1. The molecule has 8 heteroatoms. The van der Waals surface area contributed by atoms with Crippen LogP contribution in [0.4, 0.5) is 5.13 Å². The number of rotatable bonds is 5. The Hall–Kier alpha value is -2.84. The Labute approximate surface area is 175 Å². The predicted molar refractivity (Wildman–Crippen MR) is 119 cm³/mol. The van der Waals surface area contributed by atoms with Crippen LogP contribution in [0.3, 0.4) is 0 Å². The molecule has 0 saturated carbocycles. The summed E-state index contributed by atoms with van der Waals surface area (Å²) in [6.45, 7) is 5.91. The van der Waals surface area contributed by atoms with E-state index in [2.05, 4.69) is 15.3 Å². The third-order valence-electron chi connectivity index (χ3n) is 4.84. The summed E-state index contributed by atoms with van der Waals surface area (Å²) in [4.78, 5) is 36.6. The van der Waals surface area contributed by atoms with Gasteiger partial charge in [-0.15, -0.1) is 22.7 Å². The molecule has 148 valence electrons. The molecular weight excluding hydrogens is 404 g/mol. The van der Waals surface area contributed by atoms with Crippen LogP contribution in [-0.2, 0) is 4.79 Å². The summed E-state index contributed by atoms with van der Waals surface area (Å²) in [6, 6.07) is 7.45. The Morgan fingerprint density at radius 3 is 2.62 bits per heavy atom. The molecule has 0 aliphatic carbocycles. The first-order valence-electron chi connectivity index (χ1n) is 9.27. The van der Waals surface area contributed by atoms with Crippen LogP contribution in [0.25, 0.3) is 21.3 Å². The standard InChI is InChI=1S/C21H20N4O2S2/c1-4-15(18(26)24-21-22-9-10-28-21)25-11-23-19-17(20(25)27)16(13(3)29-19)14-7-5-12(2)6-8-14/h5-11,15H,4H2,1-3H3,(H,22,24,26). The maximum absolute atomic E-state index is 13.4. The van der Waals surface area contributed by atoms with Gasteiger partial charge in [-0.1, -0.05) is 36.8 Å². The second-order valence-corrected chi connectivity index (χ2v) is 8.88. The van der Waals surface area contributed by atoms with Crippen molar-refractivity contribution in [2.75, 3.05) is 5.32 Å². The number of anilines is 1. The van der Waals surface area contributed by atoms with Crippen LogP contribution < -0.4 is 10.9 Å². The van der Waals surface area contributed by atoms with Gasteiger partial charge in [0, 0.05) is 22.0 Å². The number of hydrogen-bond acceptors (Lipinski definition) is 6. The molecule has 0 bridgehead atoms. The number of hydrogen-bond donors (Lipinski definition) is 1. The lowest BCUT2D eigenvalue weighted by Gasteiger charge is -2.17. The summed E-state index contributed by atoms with van der Waals surface area (Å²) in [5, 5.41) is 5.66. The molecule has 0 fully saturated rings. The zero-order chi connectivity index (χ0) is 20.5. The molecule has 1 aromatic carbocycles. The highest BCUT2D eigenvalue weighted by molar-refractivity contribution is 7.19. The zero-order valence-corrected chi connectivity index (χ0v) is 17.9. The van der Waals surface area contributed by atoms with Crippen LogP contribution in [0.15, 0.2) is 47.0 Å². The number of aryl methyl sites for hydroxylation is 2. The van der Waals surface area contributed by atoms with Crippen molar-refractivity contribution in [3.05, 3.63) is 63.0 Å². The van der Waals surface area contributed by atoms with Crippen LogP contribution >= 0.6 is 22.7 Å². The van der Waals surface area contributed by atoms with E-state index in [0.29, 0.717) is 21.8 Å². The molecule has 0 aliphatic heterocycles. The van der Waals surface area contributed by atoms with Gasteiger partial charge in [0.1, 0.15) is 10.9 Å². The molecule has 4 rings (SSSR count). The molecule has 1 N–H and O–H groups in total. The topological polar surface area (TPSA) is 76.9 Å². The number of thiazole rings is 1. The van der Waals surface area contributed by atoms with Crippen molar-refractivity contribution in [1.82, 2.24) is 14.5 Å². The lowest BCUT2D eigenvalue weighted by atomic mass is 10.0. The van der Waals surface area contributed by atoms with Gasteiger partial charge in [0.05, 0.1) is 11.7 Å². The molecule has 1 atom stereocenters. The molecule has 3 aromatic heterocycles. The number of fused-ring (bicyclic) bond motifs is 1. The highest BCUT2D eigenvalue weighted by Crippen LogP contribution is 2.35. The zero-order valence-electron chi connectivity index (χ0n) is 16.3. The van der Waals surface area contributed by atoms with Crippen molar-refractivity contribution in [1.29, 1.82) is 0 Å². The largest absolute Gasteiger partial charge is 0.300 e. The summed E-state index contributed by atoms with van der Waals surface area (Å²) >= 11 is 2.84. The van der Waals surface area contributed by atoms with Crippen LogP contribution in [0, 0.1) is 13.8 Å². The molecule has 0 aliphatic rings. The van der Waals surface area contributed by atoms with E-state index in [9.17, 15) is 9.59 Å². The van der Waals surface area contributed by atoms with Crippen molar-refractivity contribution in [3.8, 4) is 11.1 Å². The molecule has 1 amide bonds. The number of amides is 1. The minimum absolute atomic E-state index is 0.198. The Bertz CT molecular complexity index is 1220. The van der Waals surface area contributed by atoms with Gasteiger partial charge in [0.25, 0.3) is 5.56 Å². The summed E-state index contributed by atoms with van der Waals surface area (Å²) in [7, 11) is 0. The van der Waals surface area contributed by atoms with E-state index in [1.165, 1.54) is 33.6 Å². The first-order chi connectivity index (χ1) is 14.0. The Kier molecular flexibility index (Phi) is 5.29. The predicted octanol–water partition coefficient (Wildman–Crippen LogP) is 4.79. The van der Waals surface area contributed by atoms with E-state index < -0.39 is 6.04 Å². The van der Waals surface area contributed by atoms with Crippen LogP contribution in [0.1, 0.15) is 29.8 Å². The third-order valence-corrected chi connectivity index (χ3v) is 6.54. The highest BCUT2D eigenvalue weighted by Gasteiger charge is 2.24. The lowest BCUT2D eigenvalue weighted by Crippen LogP contribution is -2.33. The van der Waals surface area contributed by atoms with Crippen LogP contribution in [-0.4, -0.2) is 20.4 Å². The molecule has 4 aromatic rings. The van der Waals surface area contributed by atoms with Crippen LogP contribution in [0.2, 0.25) is 0 Å². The van der Waals surface area contributed by atoms with Gasteiger partial charge in [-0.3, -0.25) is 14.2 Å². The minimum atomic E-state index is -0.658. The van der Waals surface area contributed by atoms with Gasteiger partial charge in [-0.05, 0) is 25.8 Å². The Morgan fingerprint density at radius 2 is 1.97 bits per heavy atom. The first-order valence-corrected chi connectivity index (χ1v) is 11.0. The van der Waals surface area contributed by atoms with E-state index in [4.69, 9.17) is 0 Å². The van der Waals surface area contributed by atoms with Gasteiger partial charge in [-0.25, -0.2) is 9.97 Å². The Balaban J connectivity index is 1.82. The van der Waals surface area contributed by atoms with E-state index in [-0.39, 0.29) is 11.5 Å². The SMILES string of the molecule is CCC(C(=O)Nc1nccs1)n1cnc2sc(C)c(-c3ccc(C)cc3)c2c1=O. The fourth-order valence-corrected chi connectivity index (χ4v) is 4.92. The monoisotopic (exact) mass is 424 g/mol. The van der Waals surface area contributed by atoms with Crippen molar-refractivity contribution >= 4 is 43.9 Å². The fourth-order valence-electron chi connectivity index (χ4n) is 3.39. The van der Waals surface area contributed by atoms with E-state index in [0.717, 1.165) is 21.6 Å². The molecule has 0 spiro atoms. The van der Waals surface area contributed by atoms with Crippen molar-refractivity contribution in [2.24, 2.45) is 0 Å². The summed E-state index contributed by atoms with van der Waals surface area (Å²) in [5.74, 6) is -0.269. The molecule has 3 heterocycles. The number of nitrogens with one attached hydrogen (secondary N) is 1. The smallest absolute Gasteiger partial charge is 0.263 e. The quantitative estimate of drug-likeness (QED) is 0.500. The number of carbonyl (C=O) groups is 1. The maximum Gasteiger partial charge on any atom is 0.263 e. The van der Waals surface area contributed by atoms with Gasteiger partial charge >= 0.3 is 0 Å². The van der Waals surface area contributed by atoms with Gasteiger partial charge in [0.15, 0.2) is 5.13 Å². The fraction of sp³-hybridized carbons (Fsp3) is 0.238. The Morgan fingerprint density at radius 1 is 1.21 bits per heavy atom. The number of aromatic nitrogens is 3. The molecule has 29 heavy (non-hydrogen) atoms. The molecule has 1 unspecified atom stereocenters. The molecule has 0 radical (unpaired) electrons. The van der Waals surface area contributed by atoms with E-state index >= 15 is 0 Å². The minimum Gasteiger partial charge on any atom is -0.300 e. The van der Waals surface area contributed by atoms with Crippen molar-refractivity contribution < 1.29 is 4.79 Å². The average Bonchev–Trinajstić information content (AvgIpc) is 3.32. The maximum atomic E-state index is 13.4. The second-order valence-electron chi connectivity index (χ2n) is 6.79. The van der Waals surface area contributed by atoms with E-state index in [1.54, 1.807) is 11.6 Å². The number of benzene rings is 1. The van der Waals surface area contributed by atoms with Crippen LogP contribution in [0.5, 0.6) is 0 Å². The van der Waals surface area contributed by atoms with Gasteiger partial charge < -0.3 is 5.32 Å². The lowest BCUT2D eigenvalue weighted by molar-refractivity contribution is -0.119. The van der Waals surface area contributed by atoms with Crippen molar-refractivity contribution in [3.63, 3.8) is 0 Å². The van der Waals surface area contributed by atoms with Gasteiger partial charge in [-0.2, -0.15) is 0 Å². The summed E-state index contributed by atoms with van der Waals surface area (Å²) < 4.78 is 1.44. The summed E-state index contributed by atoms with van der Waals surface area (Å²) in [5.41, 5.74) is 2.84. The first kappa shape index (κ1) is 19.5. The second kappa shape index (κ2) is 7.88.